The van der Waals surface area contributed by atoms with Crippen LogP contribution in [0.15, 0.2) is 35.2 Å². The Labute approximate surface area is 199 Å². The molecule has 1 heterocycles. The third kappa shape index (κ3) is 5.70. The molecule has 33 heavy (non-hydrogen) atoms. The molecule has 1 fully saturated rings. The second kappa shape index (κ2) is 10.6. The van der Waals surface area contributed by atoms with Gasteiger partial charge in [-0.2, -0.15) is 4.31 Å². The van der Waals surface area contributed by atoms with Crippen molar-refractivity contribution in [2.75, 3.05) is 51.2 Å². The number of carbonyl (C=O) groups excluding carboxylic acids is 1. The van der Waals surface area contributed by atoms with Gasteiger partial charge in [0.2, 0.25) is 15.9 Å². The largest absolute Gasteiger partial charge is 0.495 e. The minimum atomic E-state index is -3.70. The zero-order chi connectivity index (χ0) is 24.2. The maximum absolute atomic E-state index is 13.1. The van der Waals surface area contributed by atoms with E-state index in [1.165, 1.54) is 24.6 Å². The lowest BCUT2D eigenvalue weighted by Crippen LogP contribution is -2.40. The molecule has 180 valence electrons. The first kappa shape index (κ1) is 25.1. The Hall–Kier alpha value is -2.53. The number of halogens is 1. The molecular weight excluding hydrogens is 470 g/mol. The molecule has 1 atom stereocenters. The standard InChI is InChI=1S/C22H28ClN3O6S/c1-14-5-6-16(11-21(14)33(28,29)26-7-9-32-10-8-26)25-22(27)15(2)24-18-12-17(23)19(30-3)13-20(18)31-4/h5-6,11-13,15,24H,7-10H2,1-4H3,(H,25,27)/t15-/m1/s1. The maximum atomic E-state index is 13.1. The number of carbonyl (C=O) groups is 1. The van der Waals surface area contributed by atoms with Crippen LogP contribution in [-0.2, 0) is 19.6 Å². The van der Waals surface area contributed by atoms with E-state index in [2.05, 4.69) is 10.6 Å². The number of benzene rings is 2. The number of rotatable bonds is 8. The Morgan fingerprint density at radius 1 is 1.12 bits per heavy atom. The molecule has 3 rings (SSSR count). The van der Waals surface area contributed by atoms with Crippen molar-refractivity contribution in [1.82, 2.24) is 4.31 Å². The second-order valence-electron chi connectivity index (χ2n) is 7.54. The number of nitrogens with one attached hydrogen (secondary N) is 2. The molecule has 0 saturated carbocycles. The summed E-state index contributed by atoms with van der Waals surface area (Å²) in [5.41, 5.74) is 1.50. The fourth-order valence-corrected chi connectivity index (χ4v) is 5.30. The number of anilines is 2. The molecule has 0 spiro atoms. The van der Waals surface area contributed by atoms with Gasteiger partial charge in [0, 0.05) is 24.8 Å². The molecule has 2 aromatic rings. The molecule has 1 aliphatic rings. The van der Waals surface area contributed by atoms with Gasteiger partial charge in [0.15, 0.2) is 0 Å². The van der Waals surface area contributed by atoms with E-state index in [1.54, 1.807) is 38.1 Å². The molecule has 1 aliphatic heterocycles. The normalized spacial score (nSPS) is 15.5. The molecule has 0 bridgehead atoms. The minimum absolute atomic E-state index is 0.159. The maximum Gasteiger partial charge on any atom is 0.246 e. The van der Waals surface area contributed by atoms with Crippen LogP contribution in [0.25, 0.3) is 0 Å². The van der Waals surface area contributed by atoms with Crippen LogP contribution in [0.4, 0.5) is 11.4 Å². The van der Waals surface area contributed by atoms with Gasteiger partial charge >= 0.3 is 0 Å². The lowest BCUT2D eigenvalue weighted by atomic mass is 10.2. The molecule has 9 nitrogen and oxygen atoms in total. The summed E-state index contributed by atoms with van der Waals surface area (Å²) in [4.78, 5) is 13.0. The third-order valence-corrected chi connectivity index (χ3v) is 7.62. The number of nitrogens with zero attached hydrogens (tertiary/aromatic N) is 1. The number of amides is 1. The predicted octanol–water partition coefficient (Wildman–Crippen LogP) is 3.13. The predicted molar refractivity (Wildman–Crippen MR) is 127 cm³/mol. The molecule has 2 N–H and O–H groups in total. The summed E-state index contributed by atoms with van der Waals surface area (Å²) < 4.78 is 43.4. The number of sulfonamides is 1. The summed E-state index contributed by atoms with van der Waals surface area (Å²) in [5, 5.41) is 6.20. The fourth-order valence-electron chi connectivity index (χ4n) is 3.40. The molecule has 1 amide bonds. The molecule has 2 aromatic carbocycles. The van der Waals surface area contributed by atoms with Gasteiger partial charge in [0.05, 0.1) is 43.0 Å². The lowest BCUT2D eigenvalue weighted by Gasteiger charge is -2.27. The molecule has 0 aromatic heterocycles. The average molecular weight is 498 g/mol. The Kier molecular flexibility index (Phi) is 8.06. The van der Waals surface area contributed by atoms with E-state index >= 15 is 0 Å². The molecule has 11 heteroatoms. The van der Waals surface area contributed by atoms with Crippen molar-refractivity contribution in [2.24, 2.45) is 0 Å². The zero-order valence-electron chi connectivity index (χ0n) is 19.0. The first-order chi connectivity index (χ1) is 15.7. The highest BCUT2D eigenvalue weighted by molar-refractivity contribution is 7.89. The van der Waals surface area contributed by atoms with Gasteiger partial charge < -0.3 is 24.8 Å². The van der Waals surface area contributed by atoms with Crippen molar-refractivity contribution >= 4 is 38.9 Å². The molecule has 1 saturated heterocycles. The molecular formula is C22H28ClN3O6S. The van der Waals surface area contributed by atoms with Crippen LogP contribution >= 0.6 is 11.6 Å². The Balaban J connectivity index is 1.77. The van der Waals surface area contributed by atoms with Crippen LogP contribution in [0, 0.1) is 6.92 Å². The van der Waals surface area contributed by atoms with E-state index in [0.717, 1.165) is 0 Å². The smallest absolute Gasteiger partial charge is 0.246 e. The SMILES string of the molecule is COc1cc(OC)c(N[C@H](C)C(=O)Nc2ccc(C)c(S(=O)(=O)N3CCOCC3)c2)cc1Cl. The summed E-state index contributed by atoms with van der Waals surface area (Å²) in [6.45, 7) is 4.71. The first-order valence-electron chi connectivity index (χ1n) is 10.3. The summed E-state index contributed by atoms with van der Waals surface area (Å²) in [7, 11) is -0.697. The van der Waals surface area contributed by atoms with Gasteiger partial charge in [-0.25, -0.2) is 8.42 Å². The van der Waals surface area contributed by atoms with Crippen LogP contribution in [-0.4, -0.2) is 65.2 Å². The molecule has 0 unspecified atom stereocenters. The highest BCUT2D eigenvalue weighted by Crippen LogP contribution is 2.36. The summed E-state index contributed by atoms with van der Waals surface area (Å²) in [6, 6.07) is 7.38. The monoisotopic (exact) mass is 497 g/mol. The second-order valence-corrected chi connectivity index (χ2v) is 9.85. The number of methoxy groups -OCH3 is 2. The quantitative estimate of drug-likeness (QED) is 0.577. The van der Waals surface area contributed by atoms with Crippen LogP contribution in [0.1, 0.15) is 12.5 Å². The number of aryl methyl sites for hydroxylation is 1. The van der Waals surface area contributed by atoms with Crippen molar-refractivity contribution in [2.45, 2.75) is 24.8 Å². The van der Waals surface area contributed by atoms with E-state index < -0.39 is 16.1 Å². The van der Waals surface area contributed by atoms with Crippen molar-refractivity contribution in [3.8, 4) is 11.5 Å². The van der Waals surface area contributed by atoms with Crippen LogP contribution < -0.4 is 20.1 Å². The van der Waals surface area contributed by atoms with E-state index in [4.69, 9.17) is 25.8 Å². The number of ether oxygens (including phenoxy) is 3. The zero-order valence-corrected chi connectivity index (χ0v) is 20.5. The van der Waals surface area contributed by atoms with E-state index in [9.17, 15) is 13.2 Å². The molecule has 0 aliphatic carbocycles. The van der Waals surface area contributed by atoms with E-state index in [1.807, 2.05) is 0 Å². The van der Waals surface area contributed by atoms with Crippen molar-refractivity contribution < 1.29 is 27.4 Å². The van der Waals surface area contributed by atoms with Crippen molar-refractivity contribution in [1.29, 1.82) is 0 Å². The van der Waals surface area contributed by atoms with Gasteiger partial charge in [-0.15, -0.1) is 0 Å². The van der Waals surface area contributed by atoms with E-state index in [0.29, 0.717) is 59.8 Å². The summed E-state index contributed by atoms with van der Waals surface area (Å²) >= 11 is 6.20. The van der Waals surface area contributed by atoms with Crippen LogP contribution in [0.2, 0.25) is 5.02 Å². The first-order valence-corrected chi connectivity index (χ1v) is 12.2. The third-order valence-electron chi connectivity index (χ3n) is 5.28. The number of hydrogen-bond donors (Lipinski definition) is 2. The highest BCUT2D eigenvalue weighted by atomic mass is 35.5. The Morgan fingerprint density at radius 3 is 2.42 bits per heavy atom. The fraction of sp³-hybridized carbons (Fsp3) is 0.409. The summed E-state index contributed by atoms with van der Waals surface area (Å²) in [5.74, 6) is 0.553. The Morgan fingerprint density at radius 2 is 1.79 bits per heavy atom. The van der Waals surface area contributed by atoms with Gasteiger partial charge in [-0.05, 0) is 37.6 Å². The number of morpholine rings is 1. The van der Waals surface area contributed by atoms with Gasteiger partial charge in [-0.3, -0.25) is 4.79 Å². The minimum Gasteiger partial charge on any atom is -0.495 e. The summed E-state index contributed by atoms with van der Waals surface area (Å²) in [6.07, 6.45) is 0. The van der Waals surface area contributed by atoms with Gasteiger partial charge in [0.1, 0.15) is 17.5 Å². The average Bonchev–Trinajstić information content (AvgIpc) is 2.81. The van der Waals surface area contributed by atoms with Crippen LogP contribution in [0.3, 0.4) is 0 Å². The van der Waals surface area contributed by atoms with Crippen LogP contribution in [0.5, 0.6) is 11.5 Å². The van der Waals surface area contributed by atoms with Crippen molar-refractivity contribution in [3.05, 3.63) is 40.9 Å². The van der Waals surface area contributed by atoms with Gasteiger partial charge in [0.25, 0.3) is 0 Å². The van der Waals surface area contributed by atoms with E-state index in [-0.39, 0.29) is 10.8 Å². The highest BCUT2D eigenvalue weighted by Gasteiger charge is 2.28. The van der Waals surface area contributed by atoms with Crippen molar-refractivity contribution in [3.63, 3.8) is 0 Å². The Bertz CT molecular complexity index is 1120. The molecule has 0 radical (unpaired) electrons. The number of hydrogen-bond acceptors (Lipinski definition) is 7. The van der Waals surface area contributed by atoms with Gasteiger partial charge in [-0.1, -0.05) is 17.7 Å². The lowest BCUT2D eigenvalue weighted by molar-refractivity contribution is -0.116. The topological polar surface area (TPSA) is 106 Å².